The molecule has 18 nitrogen and oxygen atoms in total. The lowest BCUT2D eigenvalue weighted by atomic mass is 10.00. The molecule has 55 heavy (non-hydrogen) atoms. The van der Waals surface area contributed by atoms with Crippen molar-refractivity contribution in [3.05, 3.63) is 36.0 Å². The fraction of sp³-hybridized carbons (Fsp3) is 0.595. The van der Waals surface area contributed by atoms with Gasteiger partial charge in [0, 0.05) is 23.5 Å². The van der Waals surface area contributed by atoms with Crippen molar-refractivity contribution in [3.63, 3.8) is 0 Å². The van der Waals surface area contributed by atoms with E-state index in [0.29, 0.717) is 50.8 Å². The van der Waals surface area contributed by atoms with Crippen molar-refractivity contribution in [3.8, 4) is 0 Å². The average molecular weight is 773 g/mol. The molecule has 0 saturated heterocycles. The van der Waals surface area contributed by atoms with Crippen molar-refractivity contribution in [2.24, 2.45) is 29.0 Å². The first-order chi connectivity index (χ1) is 26.1. The number of carbonyl (C=O) groups excluding carboxylic acids is 6. The van der Waals surface area contributed by atoms with Crippen LogP contribution in [0.2, 0.25) is 0 Å². The van der Waals surface area contributed by atoms with Crippen LogP contribution in [-0.2, 0) is 40.0 Å². The van der Waals surface area contributed by atoms with E-state index in [0.717, 1.165) is 10.9 Å². The SMILES string of the molecule is CC(C)[C@H](NC(=O)[C@@H](NC(=O)CNC(=O)[C@H](Cc1c[nH]c2ccccc12)NC(=O)[C@H](CCCCN)NC(=O)CNC(=O)[C@@H](N)CCCCN)C(C)C)C(=O)O. The second-order valence-corrected chi connectivity index (χ2v) is 14.2. The van der Waals surface area contributed by atoms with E-state index in [4.69, 9.17) is 17.2 Å². The van der Waals surface area contributed by atoms with Crippen molar-refractivity contribution in [1.82, 2.24) is 36.9 Å². The smallest absolute Gasteiger partial charge is 0.326 e. The molecule has 0 unspecified atom stereocenters. The van der Waals surface area contributed by atoms with Gasteiger partial charge in [-0.05, 0) is 68.7 Å². The minimum Gasteiger partial charge on any atom is -0.480 e. The lowest BCUT2D eigenvalue weighted by Gasteiger charge is -2.26. The van der Waals surface area contributed by atoms with Crippen LogP contribution in [0.25, 0.3) is 10.9 Å². The number of H-pyrrole nitrogens is 1. The van der Waals surface area contributed by atoms with Gasteiger partial charge in [-0.3, -0.25) is 28.8 Å². The number of aromatic amines is 1. The molecular weight excluding hydrogens is 712 g/mol. The van der Waals surface area contributed by atoms with Crippen LogP contribution in [0.5, 0.6) is 0 Å². The van der Waals surface area contributed by atoms with Crippen molar-refractivity contribution in [1.29, 1.82) is 0 Å². The van der Waals surface area contributed by atoms with Gasteiger partial charge in [-0.2, -0.15) is 0 Å². The third-order valence-electron chi connectivity index (χ3n) is 8.98. The van der Waals surface area contributed by atoms with Gasteiger partial charge in [0.15, 0.2) is 0 Å². The molecular formula is C37H60N10O8. The van der Waals surface area contributed by atoms with Gasteiger partial charge in [0.05, 0.1) is 19.1 Å². The number of hydrogen-bond donors (Lipinski definition) is 11. The molecule has 0 bridgehead atoms. The Morgan fingerprint density at radius 1 is 0.673 bits per heavy atom. The van der Waals surface area contributed by atoms with E-state index >= 15 is 0 Å². The summed E-state index contributed by atoms with van der Waals surface area (Å²) in [6, 6.07) is 1.97. The number of carbonyl (C=O) groups is 7. The number of para-hydroxylation sites is 1. The van der Waals surface area contributed by atoms with Gasteiger partial charge >= 0.3 is 5.97 Å². The largest absolute Gasteiger partial charge is 0.480 e. The molecule has 6 amide bonds. The third kappa shape index (κ3) is 15.7. The molecule has 0 aliphatic heterocycles. The lowest BCUT2D eigenvalue weighted by molar-refractivity contribution is -0.143. The number of hydrogen-bond acceptors (Lipinski definition) is 10. The Kier molecular flexibility index (Phi) is 19.8. The summed E-state index contributed by atoms with van der Waals surface area (Å²) in [7, 11) is 0. The van der Waals surface area contributed by atoms with Crippen LogP contribution in [0.1, 0.15) is 71.8 Å². The highest BCUT2D eigenvalue weighted by molar-refractivity contribution is 5.96. The fourth-order valence-electron chi connectivity index (χ4n) is 5.75. The molecule has 5 atom stereocenters. The molecule has 1 aromatic heterocycles. The van der Waals surface area contributed by atoms with E-state index in [1.165, 1.54) is 0 Å². The normalized spacial score (nSPS) is 14.0. The highest BCUT2D eigenvalue weighted by Gasteiger charge is 2.31. The van der Waals surface area contributed by atoms with Crippen LogP contribution < -0.4 is 49.1 Å². The number of carboxylic acids is 1. The minimum atomic E-state index is -1.22. The first-order valence-electron chi connectivity index (χ1n) is 18.8. The van der Waals surface area contributed by atoms with Gasteiger partial charge in [0.2, 0.25) is 35.4 Å². The molecule has 0 saturated carbocycles. The number of nitrogens with two attached hydrogens (primary N) is 3. The molecule has 14 N–H and O–H groups in total. The number of amides is 6. The lowest BCUT2D eigenvalue weighted by Crippen LogP contribution is -2.57. The van der Waals surface area contributed by atoms with Gasteiger partial charge in [-0.15, -0.1) is 0 Å². The van der Waals surface area contributed by atoms with E-state index in [-0.39, 0.29) is 12.8 Å². The Hall–Kier alpha value is -5.07. The highest BCUT2D eigenvalue weighted by atomic mass is 16.4. The molecule has 18 heteroatoms. The topological polar surface area (TPSA) is 306 Å². The summed E-state index contributed by atoms with van der Waals surface area (Å²) in [5, 5.41) is 25.7. The van der Waals surface area contributed by atoms with E-state index in [1.54, 1.807) is 33.9 Å². The summed E-state index contributed by atoms with van der Waals surface area (Å²) < 4.78 is 0. The summed E-state index contributed by atoms with van der Waals surface area (Å²) in [5.41, 5.74) is 18.6. The van der Waals surface area contributed by atoms with Crippen LogP contribution in [0.15, 0.2) is 30.5 Å². The predicted molar refractivity (Wildman–Crippen MR) is 207 cm³/mol. The number of carboxylic acid groups (broad SMARTS) is 1. The summed E-state index contributed by atoms with van der Waals surface area (Å²) in [5.74, 6) is -6.00. The van der Waals surface area contributed by atoms with Gasteiger partial charge < -0.3 is 59.2 Å². The quantitative estimate of drug-likeness (QED) is 0.0537. The Balaban J connectivity index is 2.21. The van der Waals surface area contributed by atoms with E-state index in [9.17, 15) is 38.7 Å². The zero-order valence-corrected chi connectivity index (χ0v) is 32.2. The van der Waals surface area contributed by atoms with Crippen LogP contribution in [-0.4, -0.2) is 108 Å². The maximum absolute atomic E-state index is 13.8. The molecule has 0 radical (unpaired) electrons. The van der Waals surface area contributed by atoms with Gasteiger partial charge in [0.25, 0.3) is 0 Å². The number of aromatic nitrogens is 1. The maximum atomic E-state index is 13.8. The monoisotopic (exact) mass is 772 g/mol. The molecule has 0 aliphatic carbocycles. The Morgan fingerprint density at radius 3 is 1.85 bits per heavy atom. The van der Waals surface area contributed by atoms with Crippen LogP contribution in [0, 0.1) is 11.8 Å². The van der Waals surface area contributed by atoms with E-state index in [1.807, 2.05) is 24.3 Å². The number of nitrogens with one attached hydrogen (secondary N) is 7. The van der Waals surface area contributed by atoms with E-state index in [2.05, 4.69) is 36.9 Å². The van der Waals surface area contributed by atoms with Gasteiger partial charge in [0.1, 0.15) is 24.2 Å². The van der Waals surface area contributed by atoms with Crippen LogP contribution in [0.4, 0.5) is 0 Å². The predicted octanol–water partition coefficient (Wildman–Crippen LogP) is -1.14. The summed E-state index contributed by atoms with van der Waals surface area (Å²) in [6.07, 6.45) is 4.70. The summed E-state index contributed by atoms with van der Waals surface area (Å²) in [6.45, 7) is 6.47. The van der Waals surface area contributed by atoms with Crippen LogP contribution in [0.3, 0.4) is 0 Å². The zero-order valence-electron chi connectivity index (χ0n) is 32.2. The van der Waals surface area contributed by atoms with Gasteiger partial charge in [-0.1, -0.05) is 52.3 Å². The molecule has 306 valence electrons. The minimum absolute atomic E-state index is 0.00752. The number of unbranched alkanes of at least 4 members (excludes halogenated alkanes) is 2. The summed E-state index contributed by atoms with van der Waals surface area (Å²) >= 11 is 0. The standard InChI is InChI=1S/C37H60N10O8/c1-21(2)31(36(53)47-32(22(3)4)37(54)55)46-30(49)20-43-34(51)28(17-23-18-41-26-13-6-5-11-24(23)26)45-35(52)27(14-8-10-16-39)44-29(48)19-42-33(50)25(40)12-7-9-15-38/h5-6,11,13,18,21-22,25,27-28,31-32,41H,7-10,12,14-17,19-20,38-40H2,1-4H3,(H,42,50)(H,43,51)(H,44,48)(H,45,52)(H,46,49)(H,47,53)(H,54,55)/t25-,27-,28-,31-,32-/m0/s1. The molecule has 0 spiro atoms. The third-order valence-corrected chi connectivity index (χ3v) is 8.98. The molecule has 2 aromatic rings. The van der Waals surface area contributed by atoms with Crippen LogP contribution >= 0.6 is 0 Å². The van der Waals surface area contributed by atoms with Crippen molar-refractivity contribution >= 4 is 52.3 Å². The molecule has 0 aliphatic rings. The van der Waals surface area contributed by atoms with E-state index < -0.39 is 96.5 Å². The average Bonchev–Trinajstić information content (AvgIpc) is 3.55. The second-order valence-electron chi connectivity index (χ2n) is 14.2. The number of aliphatic carboxylic acids is 1. The number of rotatable bonds is 25. The highest BCUT2D eigenvalue weighted by Crippen LogP contribution is 2.19. The summed E-state index contributed by atoms with van der Waals surface area (Å²) in [4.78, 5) is 93.6. The Morgan fingerprint density at radius 2 is 1.25 bits per heavy atom. The molecule has 1 heterocycles. The zero-order chi connectivity index (χ0) is 41.1. The fourth-order valence-corrected chi connectivity index (χ4v) is 5.75. The Bertz CT molecular complexity index is 1600. The molecule has 2 rings (SSSR count). The van der Waals surface area contributed by atoms with Crippen molar-refractivity contribution < 1.29 is 38.7 Å². The van der Waals surface area contributed by atoms with Gasteiger partial charge in [-0.25, -0.2) is 4.79 Å². The second kappa shape index (κ2) is 23.7. The maximum Gasteiger partial charge on any atom is 0.326 e. The Labute approximate surface area is 321 Å². The first kappa shape index (κ1) is 46.1. The molecule has 1 aromatic carbocycles. The molecule has 0 fully saturated rings. The number of fused-ring (bicyclic) bond motifs is 1. The van der Waals surface area contributed by atoms with Crippen molar-refractivity contribution in [2.75, 3.05) is 26.2 Å². The number of benzene rings is 1. The van der Waals surface area contributed by atoms with Crippen molar-refractivity contribution in [2.45, 2.75) is 103 Å². The first-order valence-corrected chi connectivity index (χ1v) is 18.8.